The summed E-state index contributed by atoms with van der Waals surface area (Å²) < 4.78 is 10.7. The standard InChI is InChI=1S/C11H12ClNO4/c12-7-3-6(4-8(13)11(14)15)5-9-10(7)17-2-1-16-9/h3,5,8H,1-2,4,13H2,(H,14,15)/t8-/m1/s1. The Morgan fingerprint density at radius 2 is 2.18 bits per heavy atom. The van der Waals surface area contributed by atoms with Crippen molar-refractivity contribution in [1.82, 2.24) is 0 Å². The van der Waals surface area contributed by atoms with Crippen molar-refractivity contribution in [1.29, 1.82) is 0 Å². The van der Waals surface area contributed by atoms with Crippen LogP contribution in [0.5, 0.6) is 11.5 Å². The first-order valence-corrected chi connectivity index (χ1v) is 5.52. The number of halogens is 1. The molecule has 0 amide bonds. The molecule has 0 saturated heterocycles. The second-order valence-corrected chi connectivity index (χ2v) is 4.16. The highest BCUT2D eigenvalue weighted by atomic mass is 35.5. The van der Waals surface area contributed by atoms with Crippen LogP contribution >= 0.6 is 11.6 Å². The molecule has 0 fully saturated rings. The Morgan fingerprint density at radius 3 is 2.88 bits per heavy atom. The molecule has 1 atom stereocenters. The van der Waals surface area contributed by atoms with Crippen LogP contribution in [-0.2, 0) is 11.2 Å². The molecule has 0 bridgehead atoms. The monoisotopic (exact) mass is 257 g/mol. The summed E-state index contributed by atoms with van der Waals surface area (Å²) in [4.78, 5) is 10.7. The third kappa shape index (κ3) is 2.62. The van der Waals surface area contributed by atoms with E-state index in [-0.39, 0.29) is 6.42 Å². The van der Waals surface area contributed by atoms with Gasteiger partial charge in [0, 0.05) is 0 Å². The second kappa shape index (κ2) is 4.81. The highest BCUT2D eigenvalue weighted by Crippen LogP contribution is 2.38. The first kappa shape index (κ1) is 12.0. The van der Waals surface area contributed by atoms with Crippen molar-refractivity contribution >= 4 is 17.6 Å². The first-order valence-electron chi connectivity index (χ1n) is 5.14. The van der Waals surface area contributed by atoms with Gasteiger partial charge in [0.15, 0.2) is 11.5 Å². The van der Waals surface area contributed by atoms with E-state index in [4.69, 9.17) is 31.9 Å². The number of carbonyl (C=O) groups is 1. The van der Waals surface area contributed by atoms with Crippen molar-refractivity contribution in [2.75, 3.05) is 13.2 Å². The molecule has 1 heterocycles. The van der Waals surface area contributed by atoms with E-state index in [9.17, 15) is 4.79 Å². The number of ether oxygens (including phenoxy) is 2. The first-order chi connectivity index (χ1) is 8.08. The van der Waals surface area contributed by atoms with E-state index < -0.39 is 12.0 Å². The van der Waals surface area contributed by atoms with E-state index in [2.05, 4.69) is 0 Å². The molecule has 2 rings (SSSR count). The van der Waals surface area contributed by atoms with Gasteiger partial charge in [0.2, 0.25) is 0 Å². The molecule has 0 saturated carbocycles. The highest BCUT2D eigenvalue weighted by Gasteiger charge is 2.19. The molecule has 17 heavy (non-hydrogen) atoms. The van der Waals surface area contributed by atoms with Crippen LogP contribution in [0.2, 0.25) is 5.02 Å². The van der Waals surface area contributed by atoms with E-state index in [1.54, 1.807) is 12.1 Å². The number of rotatable bonds is 3. The molecule has 1 aliphatic rings. The third-order valence-corrected chi connectivity index (χ3v) is 2.71. The molecule has 1 aromatic rings. The zero-order chi connectivity index (χ0) is 12.4. The number of hydrogen-bond acceptors (Lipinski definition) is 4. The molecule has 0 unspecified atom stereocenters. The summed E-state index contributed by atoms with van der Waals surface area (Å²) in [6, 6.07) is 2.41. The Hall–Kier alpha value is -1.46. The van der Waals surface area contributed by atoms with E-state index in [1.807, 2.05) is 0 Å². The Kier molecular flexibility index (Phi) is 3.40. The van der Waals surface area contributed by atoms with Crippen LogP contribution in [-0.4, -0.2) is 30.3 Å². The Morgan fingerprint density at radius 1 is 1.47 bits per heavy atom. The summed E-state index contributed by atoms with van der Waals surface area (Å²) in [7, 11) is 0. The molecule has 1 aliphatic heterocycles. The average molecular weight is 258 g/mol. The molecular weight excluding hydrogens is 246 g/mol. The lowest BCUT2D eigenvalue weighted by Crippen LogP contribution is -2.32. The molecule has 3 N–H and O–H groups in total. The van der Waals surface area contributed by atoms with Crippen LogP contribution < -0.4 is 15.2 Å². The van der Waals surface area contributed by atoms with Gasteiger partial charge in [-0.15, -0.1) is 0 Å². The van der Waals surface area contributed by atoms with E-state index >= 15 is 0 Å². The summed E-state index contributed by atoms with van der Waals surface area (Å²) in [5.41, 5.74) is 6.18. The van der Waals surface area contributed by atoms with Crippen LogP contribution in [0.15, 0.2) is 12.1 Å². The number of nitrogens with two attached hydrogens (primary N) is 1. The maximum absolute atomic E-state index is 10.7. The third-order valence-electron chi connectivity index (χ3n) is 2.43. The lowest BCUT2D eigenvalue weighted by molar-refractivity contribution is -0.138. The van der Waals surface area contributed by atoms with Gasteiger partial charge in [-0.05, 0) is 24.1 Å². The largest absolute Gasteiger partial charge is 0.486 e. The number of carboxylic acids is 1. The van der Waals surface area contributed by atoms with Gasteiger partial charge in [-0.2, -0.15) is 0 Å². The van der Waals surface area contributed by atoms with E-state index in [0.29, 0.717) is 35.3 Å². The van der Waals surface area contributed by atoms with Gasteiger partial charge in [-0.1, -0.05) is 11.6 Å². The minimum atomic E-state index is -1.05. The number of benzene rings is 1. The quantitative estimate of drug-likeness (QED) is 0.846. The van der Waals surface area contributed by atoms with E-state index in [0.717, 1.165) is 0 Å². The van der Waals surface area contributed by atoms with Crippen LogP contribution in [0.1, 0.15) is 5.56 Å². The number of aliphatic carboxylic acids is 1. The molecule has 1 aromatic carbocycles. The van der Waals surface area contributed by atoms with Crippen LogP contribution in [0.3, 0.4) is 0 Å². The molecule has 0 aromatic heterocycles. The van der Waals surface area contributed by atoms with Gasteiger partial charge in [0.1, 0.15) is 19.3 Å². The molecule has 0 radical (unpaired) electrons. The maximum Gasteiger partial charge on any atom is 0.320 e. The maximum atomic E-state index is 10.7. The highest BCUT2D eigenvalue weighted by molar-refractivity contribution is 6.32. The van der Waals surface area contributed by atoms with Crippen LogP contribution in [0.4, 0.5) is 0 Å². The topological polar surface area (TPSA) is 81.8 Å². The summed E-state index contributed by atoms with van der Waals surface area (Å²) in [5.74, 6) is -0.00193. The van der Waals surface area contributed by atoms with Crippen molar-refractivity contribution in [2.24, 2.45) is 5.73 Å². The summed E-state index contributed by atoms with van der Waals surface area (Å²) in [6.07, 6.45) is 0.200. The smallest absolute Gasteiger partial charge is 0.320 e. The predicted octanol–water partition coefficient (Wildman–Crippen LogP) is 1.07. The SMILES string of the molecule is N[C@H](Cc1cc(Cl)c2c(c1)OCCO2)C(=O)O. The van der Waals surface area contributed by atoms with Crippen LogP contribution in [0.25, 0.3) is 0 Å². The fourth-order valence-electron chi connectivity index (χ4n) is 1.62. The Bertz CT molecular complexity index is 449. The molecule has 0 aliphatic carbocycles. The summed E-state index contributed by atoms with van der Waals surface area (Å²) >= 11 is 6.02. The average Bonchev–Trinajstić information content (AvgIpc) is 2.29. The molecule has 5 nitrogen and oxygen atoms in total. The van der Waals surface area contributed by atoms with Gasteiger partial charge in [-0.3, -0.25) is 4.79 Å². The number of carboxylic acid groups (broad SMARTS) is 1. The van der Waals surface area contributed by atoms with Crippen molar-refractivity contribution < 1.29 is 19.4 Å². The van der Waals surface area contributed by atoms with Gasteiger partial charge >= 0.3 is 5.97 Å². The molecular formula is C11H12ClNO4. The van der Waals surface area contributed by atoms with Gasteiger partial charge in [-0.25, -0.2) is 0 Å². The minimum absolute atomic E-state index is 0.200. The summed E-state index contributed by atoms with van der Waals surface area (Å²) in [5, 5.41) is 9.15. The summed E-state index contributed by atoms with van der Waals surface area (Å²) in [6.45, 7) is 0.915. The Labute approximate surface area is 103 Å². The normalized spacial score (nSPS) is 15.4. The van der Waals surface area contributed by atoms with Gasteiger partial charge < -0.3 is 20.3 Å². The molecule has 92 valence electrons. The zero-order valence-corrected chi connectivity index (χ0v) is 9.74. The molecule has 6 heteroatoms. The fourth-order valence-corrected chi connectivity index (χ4v) is 1.91. The minimum Gasteiger partial charge on any atom is -0.486 e. The molecule has 0 spiro atoms. The van der Waals surface area contributed by atoms with Crippen molar-refractivity contribution in [3.63, 3.8) is 0 Å². The fraction of sp³-hybridized carbons (Fsp3) is 0.364. The Balaban J connectivity index is 2.25. The predicted molar refractivity (Wildman–Crippen MR) is 61.8 cm³/mol. The van der Waals surface area contributed by atoms with Gasteiger partial charge in [0.05, 0.1) is 5.02 Å². The van der Waals surface area contributed by atoms with Gasteiger partial charge in [0.25, 0.3) is 0 Å². The lowest BCUT2D eigenvalue weighted by Gasteiger charge is -2.20. The second-order valence-electron chi connectivity index (χ2n) is 3.75. The van der Waals surface area contributed by atoms with Crippen molar-refractivity contribution in [3.05, 3.63) is 22.7 Å². The van der Waals surface area contributed by atoms with Crippen molar-refractivity contribution in [3.8, 4) is 11.5 Å². The lowest BCUT2D eigenvalue weighted by atomic mass is 10.1. The van der Waals surface area contributed by atoms with Crippen molar-refractivity contribution in [2.45, 2.75) is 12.5 Å². The van der Waals surface area contributed by atoms with E-state index in [1.165, 1.54) is 0 Å². The zero-order valence-electron chi connectivity index (χ0n) is 8.98. The number of fused-ring (bicyclic) bond motifs is 1. The number of hydrogen-bond donors (Lipinski definition) is 2. The van der Waals surface area contributed by atoms with Crippen LogP contribution in [0, 0.1) is 0 Å².